The maximum atomic E-state index is 9.64. The molecule has 7 heavy (non-hydrogen) atoms. The predicted octanol–water partition coefficient (Wildman–Crippen LogP) is 1.40. The second kappa shape index (κ2) is 3.28. The Labute approximate surface area is 42.8 Å². The van der Waals surface area contributed by atoms with E-state index < -0.39 is 14.4 Å². The maximum Gasteiger partial charge on any atom is 0.551 e. The van der Waals surface area contributed by atoms with Crippen LogP contribution in [0.4, 0.5) is 0 Å². The highest BCUT2D eigenvalue weighted by Crippen LogP contribution is 2.07. The highest BCUT2D eigenvalue weighted by molar-refractivity contribution is 7.25. The maximum absolute atomic E-state index is 9.64. The Hall–Kier alpha value is -0.920. The smallest absolute Gasteiger partial charge is 0.256 e. The van der Waals surface area contributed by atoms with E-state index in [2.05, 4.69) is 9.69 Å². The molecule has 0 heterocycles. The highest BCUT2D eigenvalue weighted by atomic mass is 31.1. The quantitative estimate of drug-likeness (QED) is 0.372. The molecule has 0 bridgehead atoms. The van der Waals surface area contributed by atoms with Crippen LogP contribution in [0.1, 0.15) is 0 Å². The summed E-state index contributed by atoms with van der Waals surface area (Å²) in [6.07, 6.45) is 0. The summed E-state index contributed by atoms with van der Waals surface area (Å²) in [5, 5.41) is 0. The third-order valence-electron chi connectivity index (χ3n) is 0.325. The van der Waals surface area contributed by atoms with Crippen molar-refractivity contribution in [3.8, 4) is 0 Å². The van der Waals surface area contributed by atoms with Crippen LogP contribution < -0.4 is 0 Å². The zero-order valence-electron chi connectivity index (χ0n) is 3.33. The van der Waals surface area contributed by atoms with Crippen molar-refractivity contribution in [2.24, 2.45) is 0 Å². The van der Waals surface area contributed by atoms with Gasteiger partial charge in [0.25, 0.3) is 0 Å². The number of hydrogen-bond acceptors (Lipinski definition) is 1. The van der Waals surface area contributed by atoms with Gasteiger partial charge in [-0.3, -0.25) is 4.57 Å². The molecule has 0 radical (unpaired) electrons. The topological polar surface area (TPSA) is 25.8 Å². The van der Waals surface area contributed by atoms with Gasteiger partial charge in [-0.05, 0) is 0 Å². The monoisotopic (exact) mass is 112 g/mol. The van der Waals surface area contributed by atoms with E-state index in [4.69, 9.17) is 13.1 Å². The third kappa shape index (κ3) is 1.87. The molecule has 0 atom stereocenters. The van der Waals surface area contributed by atoms with Crippen molar-refractivity contribution in [1.29, 1.82) is 0 Å². The lowest BCUT2D eigenvalue weighted by molar-refractivity contribution is 0.597. The van der Waals surface area contributed by atoms with Gasteiger partial charge >= 0.3 is 14.4 Å². The van der Waals surface area contributed by atoms with E-state index in [9.17, 15) is 4.57 Å². The zero-order chi connectivity index (χ0) is 5.70. The molecule has 0 amide bonds. The second-order valence-corrected chi connectivity index (χ2v) is 1.38. The fourth-order valence-electron chi connectivity index (χ4n) is 0.0760. The summed E-state index contributed by atoms with van der Waals surface area (Å²) in [6, 6.07) is 0. The van der Waals surface area contributed by atoms with Gasteiger partial charge in [0.2, 0.25) is 0 Å². The van der Waals surface area contributed by atoms with E-state index in [1.165, 1.54) is 0 Å². The first-order chi connectivity index (χ1) is 3.35. The summed E-state index contributed by atoms with van der Waals surface area (Å²) in [5.41, 5.74) is 0. The van der Waals surface area contributed by atoms with Gasteiger partial charge in [0.1, 0.15) is 0 Å². The van der Waals surface area contributed by atoms with Gasteiger partial charge < -0.3 is 0 Å². The number of nitrogens with zero attached hydrogens (tertiary/aromatic N) is 2. The molecule has 3 nitrogen and oxygen atoms in total. The highest BCUT2D eigenvalue weighted by Gasteiger charge is 2.11. The molecule has 0 saturated carbocycles. The molecule has 0 spiro atoms. The summed E-state index contributed by atoms with van der Waals surface area (Å²) in [7, 11) is -0.399. The standard InChI is InChI=1S/C3HN2OP/c1-4-3(5-2)7-6/h3H. The molecule has 34 valence electrons. The lowest BCUT2D eigenvalue weighted by atomic mass is 11.2. The summed E-state index contributed by atoms with van der Waals surface area (Å²) in [5.74, 6) is -1.01. The molecular weight excluding hydrogens is 111 g/mol. The Morgan fingerprint density at radius 2 is 1.86 bits per heavy atom. The summed E-state index contributed by atoms with van der Waals surface area (Å²) >= 11 is 0. The molecule has 0 saturated heterocycles. The molecule has 0 aliphatic rings. The minimum atomic E-state index is -1.01. The fourth-order valence-corrected chi connectivity index (χ4v) is 0.170. The van der Waals surface area contributed by atoms with Crippen LogP contribution in [0.2, 0.25) is 0 Å². The van der Waals surface area contributed by atoms with Crippen molar-refractivity contribution >= 4 is 8.46 Å². The molecule has 0 aromatic rings. The molecule has 0 aliphatic heterocycles. The van der Waals surface area contributed by atoms with Gasteiger partial charge in [-0.25, -0.2) is 22.8 Å². The average molecular weight is 112 g/mol. The first-order valence-corrected chi connectivity index (χ1v) is 2.29. The van der Waals surface area contributed by atoms with E-state index in [1.807, 2.05) is 0 Å². The third-order valence-corrected chi connectivity index (χ3v) is 0.745. The van der Waals surface area contributed by atoms with Crippen LogP contribution in [0, 0.1) is 13.1 Å². The largest absolute Gasteiger partial charge is 0.551 e. The SMILES string of the molecule is [C-]#[N+]C([N+]#[C-])P=O. The van der Waals surface area contributed by atoms with Gasteiger partial charge in [0.15, 0.2) is 0 Å². The Balaban J connectivity index is 3.73. The number of rotatable bonds is 1. The van der Waals surface area contributed by atoms with Crippen LogP contribution in [0.3, 0.4) is 0 Å². The van der Waals surface area contributed by atoms with E-state index in [1.54, 1.807) is 0 Å². The van der Waals surface area contributed by atoms with Gasteiger partial charge in [-0.1, -0.05) is 0 Å². The van der Waals surface area contributed by atoms with Crippen LogP contribution in [0.25, 0.3) is 9.69 Å². The molecule has 0 aromatic carbocycles. The predicted molar refractivity (Wildman–Crippen MR) is 24.6 cm³/mol. The second-order valence-electron chi connectivity index (χ2n) is 0.710. The van der Waals surface area contributed by atoms with Crippen molar-refractivity contribution < 1.29 is 4.57 Å². The van der Waals surface area contributed by atoms with E-state index in [0.717, 1.165) is 0 Å². The van der Waals surface area contributed by atoms with Crippen molar-refractivity contribution in [1.82, 2.24) is 0 Å². The zero-order valence-corrected chi connectivity index (χ0v) is 4.22. The summed E-state index contributed by atoms with van der Waals surface area (Å²) < 4.78 is 9.64. The molecular formula is C3HN2OP. The van der Waals surface area contributed by atoms with Gasteiger partial charge in [-0.2, -0.15) is 0 Å². The number of hydrogen-bond donors (Lipinski definition) is 0. The van der Waals surface area contributed by atoms with Crippen molar-refractivity contribution in [2.75, 3.05) is 0 Å². The van der Waals surface area contributed by atoms with Crippen LogP contribution in [-0.4, -0.2) is 5.91 Å². The molecule has 0 N–H and O–H groups in total. The summed E-state index contributed by atoms with van der Waals surface area (Å²) in [6.45, 7) is 12.3. The van der Waals surface area contributed by atoms with E-state index in [0.29, 0.717) is 0 Å². The molecule has 4 heteroatoms. The van der Waals surface area contributed by atoms with Crippen LogP contribution in [0.5, 0.6) is 0 Å². The van der Waals surface area contributed by atoms with Crippen molar-refractivity contribution in [3.05, 3.63) is 22.8 Å². The minimum absolute atomic E-state index is 0.399. The van der Waals surface area contributed by atoms with E-state index >= 15 is 0 Å². The van der Waals surface area contributed by atoms with Crippen LogP contribution in [-0.2, 0) is 4.57 Å². The van der Waals surface area contributed by atoms with Crippen molar-refractivity contribution in [2.45, 2.75) is 5.91 Å². The molecule has 0 aliphatic carbocycles. The lowest BCUT2D eigenvalue weighted by Crippen LogP contribution is -1.73. The van der Waals surface area contributed by atoms with Crippen LogP contribution >= 0.6 is 8.46 Å². The Morgan fingerprint density at radius 1 is 1.43 bits per heavy atom. The molecule has 0 aromatic heterocycles. The van der Waals surface area contributed by atoms with Crippen molar-refractivity contribution in [3.63, 3.8) is 0 Å². The summed E-state index contributed by atoms with van der Waals surface area (Å²) in [4.78, 5) is 5.39. The Kier molecular flexibility index (Phi) is 2.85. The Morgan fingerprint density at radius 3 is 1.86 bits per heavy atom. The normalized spacial score (nSPS) is 7.86. The Bertz CT molecular complexity index is 128. The first-order valence-electron chi connectivity index (χ1n) is 1.40. The van der Waals surface area contributed by atoms with Gasteiger partial charge in [-0.15, -0.1) is 0 Å². The lowest BCUT2D eigenvalue weighted by Gasteiger charge is -1.68. The molecule has 0 fully saturated rings. The molecule has 0 rings (SSSR count). The van der Waals surface area contributed by atoms with Gasteiger partial charge in [0, 0.05) is 0 Å². The molecule has 0 unspecified atom stereocenters. The average Bonchev–Trinajstić information content (AvgIpc) is 1.72. The van der Waals surface area contributed by atoms with E-state index in [-0.39, 0.29) is 0 Å². The van der Waals surface area contributed by atoms with Crippen LogP contribution in [0.15, 0.2) is 0 Å². The minimum Gasteiger partial charge on any atom is -0.256 e. The fraction of sp³-hybridized carbons (Fsp3) is 0.333. The first kappa shape index (κ1) is 6.08. The van der Waals surface area contributed by atoms with Gasteiger partial charge in [0.05, 0.1) is 0 Å².